The van der Waals surface area contributed by atoms with Gasteiger partial charge in [0.1, 0.15) is 6.33 Å². The molecule has 0 bridgehead atoms. The van der Waals surface area contributed by atoms with Crippen LogP contribution in [-0.4, -0.2) is 40.9 Å². The Morgan fingerprint density at radius 1 is 1.56 bits per heavy atom. The van der Waals surface area contributed by atoms with E-state index in [2.05, 4.69) is 20.1 Å². The van der Waals surface area contributed by atoms with Gasteiger partial charge in [0.15, 0.2) is 5.82 Å². The van der Waals surface area contributed by atoms with E-state index in [1.807, 2.05) is 7.05 Å². The SMILES string of the molecule is COC(=O)CCCNCCc1ncn(C)n1. The van der Waals surface area contributed by atoms with Crippen LogP contribution in [0.2, 0.25) is 0 Å². The van der Waals surface area contributed by atoms with Crippen molar-refractivity contribution < 1.29 is 9.53 Å². The van der Waals surface area contributed by atoms with Crippen LogP contribution < -0.4 is 5.32 Å². The molecule has 0 saturated heterocycles. The van der Waals surface area contributed by atoms with Gasteiger partial charge in [0, 0.05) is 26.4 Å². The van der Waals surface area contributed by atoms with E-state index in [-0.39, 0.29) is 5.97 Å². The molecule has 0 aliphatic heterocycles. The molecule has 0 unspecified atom stereocenters. The Balaban J connectivity index is 1.98. The molecule has 6 nitrogen and oxygen atoms in total. The lowest BCUT2D eigenvalue weighted by Gasteiger charge is -2.02. The summed E-state index contributed by atoms with van der Waals surface area (Å²) in [5.41, 5.74) is 0. The molecule has 1 aromatic rings. The summed E-state index contributed by atoms with van der Waals surface area (Å²) in [5, 5.41) is 7.39. The first-order chi connectivity index (χ1) is 7.72. The lowest BCUT2D eigenvalue weighted by atomic mass is 10.3. The molecule has 0 saturated carbocycles. The first-order valence-electron chi connectivity index (χ1n) is 5.34. The number of esters is 1. The monoisotopic (exact) mass is 226 g/mol. The van der Waals surface area contributed by atoms with E-state index in [1.54, 1.807) is 11.0 Å². The summed E-state index contributed by atoms with van der Waals surface area (Å²) in [7, 11) is 3.25. The summed E-state index contributed by atoms with van der Waals surface area (Å²) in [5.74, 6) is 0.677. The van der Waals surface area contributed by atoms with Crippen LogP contribution in [-0.2, 0) is 23.0 Å². The summed E-state index contributed by atoms with van der Waals surface area (Å²) >= 11 is 0. The fourth-order valence-corrected chi connectivity index (χ4v) is 1.28. The zero-order valence-corrected chi connectivity index (χ0v) is 9.77. The standard InChI is InChI=1S/C10H18N4O2/c1-14-8-12-9(13-14)5-7-11-6-3-4-10(15)16-2/h8,11H,3-7H2,1-2H3. The number of rotatable bonds is 7. The van der Waals surface area contributed by atoms with E-state index in [4.69, 9.17) is 0 Å². The largest absolute Gasteiger partial charge is 0.469 e. The van der Waals surface area contributed by atoms with Crippen molar-refractivity contribution in [1.82, 2.24) is 20.1 Å². The molecular formula is C10H18N4O2. The van der Waals surface area contributed by atoms with Gasteiger partial charge in [0.25, 0.3) is 0 Å². The minimum absolute atomic E-state index is 0.159. The van der Waals surface area contributed by atoms with Crippen LogP contribution in [0.1, 0.15) is 18.7 Å². The van der Waals surface area contributed by atoms with Crippen molar-refractivity contribution in [3.63, 3.8) is 0 Å². The van der Waals surface area contributed by atoms with E-state index < -0.39 is 0 Å². The maximum Gasteiger partial charge on any atom is 0.305 e. The van der Waals surface area contributed by atoms with Gasteiger partial charge in [-0.3, -0.25) is 9.48 Å². The van der Waals surface area contributed by atoms with Gasteiger partial charge in [-0.2, -0.15) is 5.10 Å². The smallest absolute Gasteiger partial charge is 0.305 e. The zero-order chi connectivity index (χ0) is 11.8. The minimum atomic E-state index is -0.159. The number of nitrogens with one attached hydrogen (secondary N) is 1. The van der Waals surface area contributed by atoms with Crippen LogP contribution in [0.25, 0.3) is 0 Å². The lowest BCUT2D eigenvalue weighted by molar-refractivity contribution is -0.140. The summed E-state index contributed by atoms with van der Waals surface area (Å²) < 4.78 is 6.23. The highest BCUT2D eigenvalue weighted by molar-refractivity contribution is 5.68. The van der Waals surface area contributed by atoms with Crippen molar-refractivity contribution in [3.05, 3.63) is 12.2 Å². The van der Waals surface area contributed by atoms with Gasteiger partial charge in [-0.05, 0) is 13.0 Å². The second-order valence-electron chi connectivity index (χ2n) is 3.51. The molecule has 0 spiro atoms. The Morgan fingerprint density at radius 3 is 3.00 bits per heavy atom. The number of methoxy groups -OCH3 is 1. The molecule has 0 fully saturated rings. The van der Waals surface area contributed by atoms with Crippen LogP contribution in [0.4, 0.5) is 0 Å². The van der Waals surface area contributed by atoms with Gasteiger partial charge in [0.05, 0.1) is 7.11 Å². The molecule has 1 aromatic heterocycles. The molecule has 0 aromatic carbocycles. The quantitative estimate of drug-likeness (QED) is 0.519. The third-order valence-corrected chi connectivity index (χ3v) is 2.13. The van der Waals surface area contributed by atoms with Crippen LogP contribution in [0.15, 0.2) is 6.33 Å². The van der Waals surface area contributed by atoms with E-state index in [1.165, 1.54) is 7.11 Å². The number of nitrogens with zero attached hydrogens (tertiary/aromatic N) is 3. The highest BCUT2D eigenvalue weighted by atomic mass is 16.5. The zero-order valence-electron chi connectivity index (χ0n) is 9.77. The molecule has 0 atom stereocenters. The van der Waals surface area contributed by atoms with Crippen molar-refractivity contribution in [2.45, 2.75) is 19.3 Å². The van der Waals surface area contributed by atoms with Gasteiger partial charge < -0.3 is 10.1 Å². The number of ether oxygens (including phenoxy) is 1. The average Bonchev–Trinajstić information content (AvgIpc) is 2.69. The van der Waals surface area contributed by atoms with Crippen LogP contribution >= 0.6 is 0 Å². The summed E-state index contributed by atoms with van der Waals surface area (Å²) in [6.07, 6.45) is 3.75. The van der Waals surface area contributed by atoms with Crippen molar-refractivity contribution >= 4 is 5.97 Å². The molecule has 1 heterocycles. The molecule has 1 N–H and O–H groups in total. The minimum Gasteiger partial charge on any atom is -0.469 e. The molecule has 90 valence electrons. The topological polar surface area (TPSA) is 69.0 Å². The summed E-state index contributed by atoms with van der Waals surface area (Å²) in [6.45, 7) is 1.63. The predicted molar refractivity (Wildman–Crippen MR) is 58.8 cm³/mol. The third-order valence-electron chi connectivity index (χ3n) is 2.13. The fraction of sp³-hybridized carbons (Fsp3) is 0.700. The van der Waals surface area contributed by atoms with Crippen LogP contribution in [0.3, 0.4) is 0 Å². The van der Waals surface area contributed by atoms with E-state index in [9.17, 15) is 4.79 Å². The van der Waals surface area contributed by atoms with Crippen molar-refractivity contribution in [1.29, 1.82) is 0 Å². The van der Waals surface area contributed by atoms with E-state index >= 15 is 0 Å². The van der Waals surface area contributed by atoms with E-state index in [0.717, 1.165) is 31.8 Å². The Hall–Kier alpha value is -1.43. The maximum atomic E-state index is 10.8. The van der Waals surface area contributed by atoms with Gasteiger partial charge in [0.2, 0.25) is 0 Å². The summed E-state index contributed by atoms with van der Waals surface area (Å²) in [6, 6.07) is 0. The number of hydrogen-bond donors (Lipinski definition) is 1. The number of carbonyl (C=O) groups excluding carboxylic acids is 1. The van der Waals surface area contributed by atoms with Crippen LogP contribution in [0.5, 0.6) is 0 Å². The molecule has 1 rings (SSSR count). The third kappa shape index (κ3) is 4.88. The van der Waals surface area contributed by atoms with Gasteiger partial charge >= 0.3 is 5.97 Å². The Labute approximate surface area is 95.0 Å². The van der Waals surface area contributed by atoms with Crippen molar-refractivity contribution in [3.8, 4) is 0 Å². The van der Waals surface area contributed by atoms with Crippen molar-refractivity contribution in [2.75, 3.05) is 20.2 Å². The lowest BCUT2D eigenvalue weighted by Crippen LogP contribution is -2.20. The van der Waals surface area contributed by atoms with Gasteiger partial charge in [-0.25, -0.2) is 4.98 Å². The Kier molecular flexibility index (Phi) is 5.49. The Bertz CT molecular complexity index is 324. The molecule has 0 aliphatic rings. The van der Waals surface area contributed by atoms with E-state index in [0.29, 0.717) is 6.42 Å². The van der Waals surface area contributed by atoms with Crippen molar-refractivity contribution in [2.24, 2.45) is 7.05 Å². The maximum absolute atomic E-state index is 10.8. The first kappa shape index (κ1) is 12.6. The highest BCUT2D eigenvalue weighted by Crippen LogP contribution is 1.91. The number of carbonyl (C=O) groups is 1. The van der Waals surface area contributed by atoms with Gasteiger partial charge in [-0.1, -0.05) is 0 Å². The second kappa shape index (κ2) is 6.95. The number of aryl methyl sites for hydroxylation is 1. The average molecular weight is 226 g/mol. The molecule has 0 amide bonds. The highest BCUT2D eigenvalue weighted by Gasteiger charge is 2.00. The molecule has 0 radical (unpaired) electrons. The normalized spacial score (nSPS) is 10.4. The first-order valence-corrected chi connectivity index (χ1v) is 5.34. The van der Waals surface area contributed by atoms with Gasteiger partial charge in [-0.15, -0.1) is 0 Å². The second-order valence-corrected chi connectivity index (χ2v) is 3.51. The number of aromatic nitrogens is 3. The molecule has 0 aliphatic carbocycles. The fourth-order valence-electron chi connectivity index (χ4n) is 1.28. The number of hydrogen-bond acceptors (Lipinski definition) is 5. The Morgan fingerprint density at radius 2 is 2.38 bits per heavy atom. The van der Waals surface area contributed by atoms with Crippen LogP contribution in [0, 0.1) is 0 Å². The predicted octanol–water partition coefficient (Wildman–Crippen LogP) is -0.0996. The molecule has 6 heteroatoms. The molecule has 16 heavy (non-hydrogen) atoms. The molecular weight excluding hydrogens is 208 g/mol. The summed E-state index contributed by atoms with van der Waals surface area (Å²) in [4.78, 5) is 14.9.